The maximum absolute atomic E-state index is 12.2. The molecule has 0 aliphatic carbocycles. The van der Waals surface area contributed by atoms with Crippen LogP contribution < -0.4 is 19.7 Å². The third-order valence-electron chi connectivity index (χ3n) is 4.68. The molecule has 0 spiro atoms. The van der Waals surface area contributed by atoms with Crippen molar-refractivity contribution >= 4 is 11.9 Å². The summed E-state index contributed by atoms with van der Waals surface area (Å²) in [7, 11) is 1.62. The minimum absolute atomic E-state index is 0.202. The van der Waals surface area contributed by atoms with Gasteiger partial charge in [0.2, 0.25) is 5.95 Å². The minimum atomic E-state index is -0.202. The van der Waals surface area contributed by atoms with Crippen LogP contribution >= 0.6 is 0 Å². The van der Waals surface area contributed by atoms with E-state index in [0.717, 1.165) is 43.3 Å². The van der Waals surface area contributed by atoms with Gasteiger partial charge in [0.1, 0.15) is 18.1 Å². The molecule has 2 heterocycles. The molecule has 1 N–H and O–H groups in total. The van der Waals surface area contributed by atoms with Gasteiger partial charge in [0, 0.05) is 25.5 Å². The zero-order valence-corrected chi connectivity index (χ0v) is 15.9. The number of amides is 1. The topological polar surface area (TPSA) is 76.6 Å². The Kier molecular flexibility index (Phi) is 6.46. The van der Waals surface area contributed by atoms with Crippen molar-refractivity contribution in [3.8, 4) is 11.5 Å². The van der Waals surface area contributed by atoms with Crippen molar-refractivity contribution in [3.05, 3.63) is 42.2 Å². The second-order valence-corrected chi connectivity index (χ2v) is 6.72. The van der Waals surface area contributed by atoms with Gasteiger partial charge in [-0.3, -0.25) is 4.79 Å². The lowest BCUT2D eigenvalue weighted by Gasteiger charge is -2.30. The molecule has 1 aliphatic rings. The molecule has 0 radical (unpaired) electrons. The van der Waals surface area contributed by atoms with Crippen LogP contribution in [-0.2, 0) is 0 Å². The Hall–Kier alpha value is -2.83. The number of aromatic nitrogens is 2. The second-order valence-electron chi connectivity index (χ2n) is 6.72. The fourth-order valence-electron chi connectivity index (χ4n) is 2.92. The monoisotopic (exact) mass is 370 g/mol. The Balaban J connectivity index is 1.42. The summed E-state index contributed by atoms with van der Waals surface area (Å²) in [5.41, 5.74) is 0.452. The summed E-state index contributed by atoms with van der Waals surface area (Å²) < 4.78 is 10.7. The molecule has 1 fully saturated rings. The van der Waals surface area contributed by atoms with Crippen molar-refractivity contribution in [1.29, 1.82) is 0 Å². The van der Waals surface area contributed by atoms with Crippen molar-refractivity contribution in [2.75, 3.05) is 38.3 Å². The fourth-order valence-corrected chi connectivity index (χ4v) is 2.92. The van der Waals surface area contributed by atoms with Crippen LogP contribution in [0.5, 0.6) is 11.5 Å². The maximum Gasteiger partial charge on any atom is 0.254 e. The van der Waals surface area contributed by atoms with Crippen molar-refractivity contribution in [1.82, 2.24) is 15.3 Å². The number of carbonyl (C=O) groups excluding carboxylic acids is 1. The number of nitrogens with one attached hydrogen (secondary N) is 1. The molecule has 0 unspecified atom stereocenters. The van der Waals surface area contributed by atoms with Crippen LogP contribution in [0.1, 0.15) is 30.1 Å². The Bertz CT molecular complexity index is 726. The van der Waals surface area contributed by atoms with Crippen LogP contribution in [0.3, 0.4) is 0 Å². The first-order valence-corrected chi connectivity index (χ1v) is 9.28. The Morgan fingerprint density at radius 2 is 1.78 bits per heavy atom. The molecular weight excluding hydrogens is 344 g/mol. The van der Waals surface area contributed by atoms with E-state index in [1.54, 1.807) is 19.5 Å². The smallest absolute Gasteiger partial charge is 0.254 e. The van der Waals surface area contributed by atoms with Crippen molar-refractivity contribution in [3.63, 3.8) is 0 Å². The van der Waals surface area contributed by atoms with Crippen molar-refractivity contribution in [2.24, 2.45) is 5.92 Å². The number of benzene rings is 1. The van der Waals surface area contributed by atoms with E-state index in [1.165, 1.54) is 0 Å². The Morgan fingerprint density at radius 1 is 1.15 bits per heavy atom. The first-order chi connectivity index (χ1) is 13.2. The van der Waals surface area contributed by atoms with E-state index in [0.29, 0.717) is 24.7 Å². The number of carbonyl (C=O) groups is 1. The molecule has 2 aromatic rings. The van der Waals surface area contributed by atoms with Gasteiger partial charge in [-0.05, 0) is 43.0 Å². The summed E-state index contributed by atoms with van der Waals surface area (Å²) >= 11 is 0. The number of ether oxygens (including phenoxy) is 2. The van der Waals surface area contributed by atoms with Gasteiger partial charge in [0.05, 0.1) is 19.2 Å². The first kappa shape index (κ1) is 18.9. The number of rotatable bonds is 7. The summed E-state index contributed by atoms with van der Waals surface area (Å²) in [6.07, 6.45) is 5.47. The highest BCUT2D eigenvalue weighted by atomic mass is 16.5. The summed E-state index contributed by atoms with van der Waals surface area (Å²) in [6, 6.07) is 7.31. The Morgan fingerprint density at radius 3 is 2.41 bits per heavy atom. The van der Waals surface area contributed by atoms with Gasteiger partial charge < -0.3 is 19.7 Å². The predicted molar refractivity (Wildman–Crippen MR) is 103 cm³/mol. The Labute approximate surface area is 159 Å². The van der Waals surface area contributed by atoms with E-state index in [2.05, 4.69) is 27.1 Å². The molecule has 1 aromatic carbocycles. The van der Waals surface area contributed by atoms with E-state index in [1.807, 2.05) is 24.3 Å². The number of methoxy groups -OCH3 is 1. The standard InChI is InChI=1S/C20H26N4O3/c1-15-7-10-24(11-8-15)20-22-13-16(14-23-20)19(25)21-9-12-27-18-5-3-17(26-2)4-6-18/h3-6,13-15H,7-12H2,1-2H3,(H,21,25). The molecule has 27 heavy (non-hydrogen) atoms. The second kappa shape index (κ2) is 9.21. The highest BCUT2D eigenvalue weighted by Crippen LogP contribution is 2.19. The zero-order valence-electron chi connectivity index (χ0n) is 15.9. The highest BCUT2D eigenvalue weighted by Gasteiger charge is 2.18. The molecule has 0 bridgehead atoms. The van der Waals surface area contributed by atoms with E-state index in [9.17, 15) is 4.79 Å². The molecular formula is C20H26N4O3. The van der Waals surface area contributed by atoms with Gasteiger partial charge in [-0.25, -0.2) is 9.97 Å². The molecule has 0 atom stereocenters. The molecule has 3 rings (SSSR count). The van der Waals surface area contributed by atoms with Gasteiger partial charge in [0.25, 0.3) is 5.91 Å². The SMILES string of the molecule is COc1ccc(OCCNC(=O)c2cnc(N3CCC(C)CC3)nc2)cc1. The van der Waals surface area contributed by atoms with Gasteiger partial charge in [-0.15, -0.1) is 0 Å². The lowest BCUT2D eigenvalue weighted by molar-refractivity contribution is 0.0946. The number of hydrogen-bond acceptors (Lipinski definition) is 6. The number of piperidine rings is 1. The number of nitrogens with zero attached hydrogens (tertiary/aromatic N) is 3. The summed E-state index contributed by atoms with van der Waals surface area (Å²) in [6.45, 7) is 4.98. The molecule has 1 amide bonds. The summed E-state index contributed by atoms with van der Waals surface area (Å²) in [5.74, 6) is 2.76. The molecule has 1 aliphatic heterocycles. The van der Waals surface area contributed by atoms with E-state index in [4.69, 9.17) is 9.47 Å². The third kappa shape index (κ3) is 5.32. The molecule has 7 heteroatoms. The molecule has 7 nitrogen and oxygen atoms in total. The van der Waals surface area contributed by atoms with Crippen LogP contribution in [-0.4, -0.2) is 49.2 Å². The summed E-state index contributed by atoms with van der Waals surface area (Å²) in [5, 5.41) is 2.81. The zero-order chi connectivity index (χ0) is 19.1. The van der Waals surface area contributed by atoms with Gasteiger partial charge >= 0.3 is 0 Å². The largest absolute Gasteiger partial charge is 0.497 e. The normalized spacial score (nSPS) is 14.7. The van der Waals surface area contributed by atoms with Gasteiger partial charge in [0.15, 0.2) is 0 Å². The summed E-state index contributed by atoms with van der Waals surface area (Å²) in [4.78, 5) is 23.1. The van der Waals surface area contributed by atoms with Crippen LogP contribution in [0.15, 0.2) is 36.7 Å². The van der Waals surface area contributed by atoms with E-state index in [-0.39, 0.29) is 5.91 Å². The third-order valence-corrected chi connectivity index (χ3v) is 4.68. The van der Waals surface area contributed by atoms with Gasteiger partial charge in [-0.2, -0.15) is 0 Å². The molecule has 0 saturated carbocycles. The fraction of sp³-hybridized carbons (Fsp3) is 0.450. The number of anilines is 1. The maximum atomic E-state index is 12.2. The average Bonchev–Trinajstić information content (AvgIpc) is 2.72. The lowest BCUT2D eigenvalue weighted by atomic mass is 10.00. The van der Waals surface area contributed by atoms with Gasteiger partial charge in [-0.1, -0.05) is 6.92 Å². The van der Waals surface area contributed by atoms with E-state index >= 15 is 0 Å². The highest BCUT2D eigenvalue weighted by molar-refractivity contribution is 5.93. The van der Waals surface area contributed by atoms with Crippen LogP contribution in [0.25, 0.3) is 0 Å². The van der Waals surface area contributed by atoms with Crippen molar-refractivity contribution in [2.45, 2.75) is 19.8 Å². The lowest BCUT2D eigenvalue weighted by Crippen LogP contribution is -2.34. The van der Waals surface area contributed by atoms with Crippen LogP contribution in [0, 0.1) is 5.92 Å². The predicted octanol–water partition coefficient (Wildman–Crippen LogP) is 2.53. The van der Waals surface area contributed by atoms with Crippen LogP contribution in [0.2, 0.25) is 0 Å². The number of hydrogen-bond donors (Lipinski definition) is 1. The average molecular weight is 370 g/mol. The van der Waals surface area contributed by atoms with Crippen LogP contribution in [0.4, 0.5) is 5.95 Å². The molecule has 1 saturated heterocycles. The van der Waals surface area contributed by atoms with E-state index < -0.39 is 0 Å². The quantitative estimate of drug-likeness (QED) is 0.755. The molecule has 144 valence electrons. The minimum Gasteiger partial charge on any atom is -0.497 e. The van der Waals surface area contributed by atoms with Crippen molar-refractivity contribution < 1.29 is 14.3 Å². The first-order valence-electron chi connectivity index (χ1n) is 9.28. The molecule has 1 aromatic heterocycles.